The second-order valence-electron chi connectivity index (χ2n) is 8.13. The van der Waals surface area contributed by atoms with Gasteiger partial charge in [0.15, 0.2) is 6.54 Å². The third-order valence-corrected chi connectivity index (χ3v) is 5.73. The average Bonchev–Trinajstić information content (AvgIpc) is 2.73. The first kappa shape index (κ1) is 20.4. The fraction of sp³-hybridized carbons (Fsp3) is 0.458. The van der Waals surface area contributed by atoms with Crippen LogP contribution in [-0.2, 0) is 11.2 Å². The minimum atomic E-state index is 0.0726. The van der Waals surface area contributed by atoms with Gasteiger partial charge in [0.25, 0.3) is 5.91 Å². The van der Waals surface area contributed by atoms with Gasteiger partial charge in [-0.2, -0.15) is 0 Å². The molecule has 0 spiro atoms. The van der Waals surface area contributed by atoms with Gasteiger partial charge in [0.05, 0.1) is 32.2 Å². The summed E-state index contributed by atoms with van der Waals surface area (Å²) in [4.78, 5) is 16.5. The van der Waals surface area contributed by atoms with Crippen LogP contribution in [-0.4, -0.2) is 38.6 Å². The minimum Gasteiger partial charge on any atom is -0.360 e. The molecule has 1 aliphatic heterocycles. The quantitative estimate of drug-likeness (QED) is 0.774. The maximum Gasteiger partial charge on any atom is 0.275 e. The molecule has 1 fully saturated rings. The SMILES string of the molecule is CCc1ccc([C@@H](NC(=O)C[NH+]2CCN(c3ccccc3)CC2)C(C)C)cc1. The van der Waals surface area contributed by atoms with Gasteiger partial charge in [0, 0.05) is 5.69 Å². The zero-order valence-electron chi connectivity index (χ0n) is 17.4. The molecule has 4 heteroatoms. The summed E-state index contributed by atoms with van der Waals surface area (Å²) in [5.41, 5.74) is 3.81. The second kappa shape index (κ2) is 9.74. The van der Waals surface area contributed by atoms with Crippen LogP contribution >= 0.6 is 0 Å². The van der Waals surface area contributed by atoms with Gasteiger partial charge >= 0.3 is 0 Å². The van der Waals surface area contributed by atoms with Crippen LogP contribution in [0.4, 0.5) is 5.69 Å². The first-order valence-electron chi connectivity index (χ1n) is 10.6. The lowest BCUT2D eigenvalue weighted by Gasteiger charge is -2.33. The number of carbonyl (C=O) groups excluding carboxylic acids is 1. The van der Waals surface area contributed by atoms with Crippen LogP contribution in [0, 0.1) is 5.92 Å². The number of para-hydroxylation sites is 1. The first-order chi connectivity index (χ1) is 13.6. The van der Waals surface area contributed by atoms with Crippen LogP contribution in [0.5, 0.6) is 0 Å². The van der Waals surface area contributed by atoms with Crippen LogP contribution in [0.1, 0.15) is 37.9 Å². The lowest BCUT2D eigenvalue weighted by atomic mass is 9.95. The van der Waals surface area contributed by atoms with E-state index in [-0.39, 0.29) is 11.9 Å². The molecule has 0 unspecified atom stereocenters. The molecule has 0 aromatic heterocycles. The summed E-state index contributed by atoms with van der Waals surface area (Å²) in [5, 5.41) is 3.29. The first-order valence-corrected chi connectivity index (χ1v) is 10.6. The lowest BCUT2D eigenvalue weighted by molar-refractivity contribution is -0.892. The van der Waals surface area contributed by atoms with E-state index >= 15 is 0 Å². The van der Waals surface area contributed by atoms with Crippen LogP contribution in [0.3, 0.4) is 0 Å². The Hall–Kier alpha value is -2.33. The highest BCUT2D eigenvalue weighted by atomic mass is 16.2. The van der Waals surface area contributed by atoms with Crippen molar-refractivity contribution < 1.29 is 9.69 Å². The van der Waals surface area contributed by atoms with Crippen LogP contribution < -0.4 is 15.1 Å². The van der Waals surface area contributed by atoms with Gasteiger partial charge in [0.1, 0.15) is 0 Å². The maximum absolute atomic E-state index is 12.7. The van der Waals surface area contributed by atoms with Gasteiger partial charge in [-0.1, -0.05) is 63.2 Å². The minimum absolute atomic E-state index is 0.0726. The van der Waals surface area contributed by atoms with Crippen molar-refractivity contribution in [3.8, 4) is 0 Å². The van der Waals surface area contributed by atoms with Crippen molar-refractivity contribution in [3.63, 3.8) is 0 Å². The van der Waals surface area contributed by atoms with E-state index in [9.17, 15) is 4.79 Å². The summed E-state index contributed by atoms with van der Waals surface area (Å²) in [6.07, 6.45) is 1.04. The van der Waals surface area contributed by atoms with E-state index in [2.05, 4.69) is 85.6 Å². The molecule has 0 bridgehead atoms. The van der Waals surface area contributed by atoms with E-state index < -0.39 is 0 Å². The molecule has 28 heavy (non-hydrogen) atoms. The van der Waals surface area contributed by atoms with Gasteiger partial charge in [-0.25, -0.2) is 0 Å². The van der Waals surface area contributed by atoms with Crippen molar-refractivity contribution in [2.45, 2.75) is 33.2 Å². The van der Waals surface area contributed by atoms with E-state index in [0.29, 0.717) is 12.5 Å². The molecule has 1 amide bonds. The van der Waals surface area contributed by atoms with Crippen molar-refractivity contribution >= 4 is 11.6 Å². The summed E-state index contributed by atoms with van der Waals surface area (Å²) in [7, 11) is 0. The molecule has 2 aromatic rings. The van der Waals surface area contributed by atoms with E-state index in [1.165, 1.54) is 21.7 Å². The molecule has 150 valence electrons. The number of hydrogen-bond donors (Lipinski definition) is 2. The number of aryl methyl sites for hydroxylation is 1. The third-order valence-electron chi connectivity index (χ3n) is 5.73. The molecule has 4 nitrogen and oxygen atoms in total. The average molecular weight is 381 g/mol. The van der Waals surface area contributed by atoms with Crippen LogP contribution in [0.25, 0.3) is 0 Å². The number of hydrogen-bond acceptors (Lipinski definition) is 2. The standard InChI is InChI=1S/C24H33N3O/c1-4-20-10-12-21(13-11-20)24(19(2)3)25-23(28)18-26-14-16-27(17-15-26)22-8-6-5-7-9-22/h5-13,19,24H,4,14-18H2,1-3H3,(H,25,28)/p+1/t24-/m0/s1. The number of rotatable bonds is 7. The lowest BCUT2D eigenvalue weighted by Crippen LogP contribution is -3.16. The van der Waals surface area contributed by atoms with Gasteiger partial charge in [-0.3, -0.25) is 4.79 Å². The third kappa shape index (κ3) is 5.35. The van der Waals surface area contributed by atoms with Gasteiger partial charge < -0.3 is 15.1 Å². The summed E-state index contributed by atoms with van der Waals surface area (Å²) in [6, 6.07) is 19.3. The zero-order valence-corrected chi connectivity index (χ0v) is 17.4. The summed E-state index contributed by atoms with van der Waals surface area (Å²) in [5.74, 6) is 0.516. The Balaban J connectivity index is 1.52. The van der Waals surface area contributed by atoms with Crippen molar-refractivity contribution in [2.24, 2.45) is 5.92 Å². The number of quaternary nitrogens is 1. The normalized spacial score (nSPS) is 16.2. The molecular formula is C24H34N3O+. The molecule has 2 aromatic carbocycles. The van der Waals surface area contributed by atoms with Crippen LogP contribution in [0.15, 0.2) is 54.6 Å². The Morgan fingerprint density at radius 3 is 2.25 bits per heavy atom. The number of anilines is 1. The van der Waals surface area contributed by atoms with Gasteiger partial charge in [-0.15, -0.1) is 0 Å². The predicted molar refractivity (Wildman–Crippen MR) is 116 cm³/mol. The highest BCUT2D eigenvalue weighted by Crippen LogP contribution is 2.22. The van der Waals surface area contributed by atoms with E-state index in [1.807, 2.05) is 0 Å². The molecular weight excluding hydrogens is 346 g/mol. The predicted octanol–water partition coefficient (Wildman–Crippen LogP) is 2.47. The smallest absolute Gasteiger partial charge is 0.275 e. The molecule has 1 saturated heterocycles. The summed E-state index contributed by atoms with van der Waals surface area (Å²) in [6.45, 7) is 11.1. The number of amides is 1. The number of piperazine rings is 1. The highest BCUT2D eigenvalue weighted by molar-refractivity contribution is 5.77. The maximum atomic E-state index is 12.7. The molecule has 1 aliphatic rings. The topological polar surface area (TPSA) is 36.8 Å². The molecule has 2 N–H and O–H groups in total. The Labute approximate surface area is 169 Å². The largest absolute Gasteiger partial charge is 0.360 e. The van der Waals surface area contributed by atoms with E-state index in [0.717, 1.165) is 32.6 Å². The number of nitrogens with zero attached hydrogens (tertiary/aromatic N) is 1. The Morgan fingerprint density at radius 2 is 1.68 bits per heavy atom. The second-order valence-corrected chi connectivity index (χ2v) is 8.13. The van der Waals surface area contributed by atoms with Gasteiger partial charge in [0.2, 0.25) is 0 Å². The van der Waals surface area contributed by atoms with E-state index in [1.54, 1.807) is 0 Å². The number of benzene rings is 2. The molecule has 3 rings (SSSR count). The molecule has 1 atom stereocenters. The fourth-order valence-electron chi connectivity index (χ4n) is 3.94. The van der Waals surface area contributed by atoms with Crippen LogP contribution in [0.2, 0.25) is 0 Å². The molecule has 0 radical (unpaired) electrons. The van der Waals surface area contributed by atoms with E-state index in [4.69, 9.17) is 0 Å². The Kier molecular flexibility index (Phi) is 7.10. The number of nitrogens with one attached hydrogen (secondary N) is 2. The molecule has 0 saturated carbocycles. The van der Waals surface area contributed by atoms with Crippen molar-refractivity contribution in [3.05, 3.63) is 65.7 Å². The van der Waals surface area contributed by atoms with Crippen molar-refractivity contribution in [1.29, 1.82) is 0 Å². The molecule has 1 heterocycles. The summed E-state index contributed by atoms with van der Waals surface area (Å²) >= 11 is 0. The Morgan fingerprint density at radius 1 is 1.04 bits per heavy atom. The molecule has 0 aliphatic carbocycles. The highest BCUT2D eigenvalue weighted by Gasteiger charge is 2.24. The zero-order chi connectivity index (χ0) is 19.9. The fourth-order valence-corrected chi connectivity index (χ4v) is 3.94. The van der Waals surface area contributed by atoms with Gasteiger partial charge in [-0.05, 0) is 35.6 Å². The van der Waals surface area contributed by atoms with Crippen molar-refractivity contribution in [2.75, 3.05) is 37.6 Å². The Bertz CT molecular complexity index is 734. The van der Waals surface area contributed by atoms with Crippen molar-refractivity contribution in [1.82, 2.24) is 5.32 Å². The monoisotopic (exact) mass is 380 g/mol. The number of carbonyl (C=O) groups is 1. The summed E-state index contributed by atoms with van der Waals surface area (Å²) < 4.78 is 0.